The van der Waals surface area contributed by atoms with Crippen molar-refractivity contribution in [2.75, 3.05) is 19.6 Å². The first-order valence-electron chi connectivity index (χ1n) is 6.41. The van der Waals surface area contributed by atoms with Crippen molar-refractivity contribution in [2.24, 2.45) is 11.1 Å². The van der Waals surface area contributed by atoms with E-state index in [0.29, 0.717) is 19.5 Å². The van der Waals surface area contributed by atoms with Crippen LogP contribution in [0.15, 0.2) is 0 Å². The molecule has 1 saturated heterocycles. The quantitative estimate of drug-likeness (QED) is 0.688. The lowest BCUT2D eigenvalue weighted by Crippen LogP contribution is -2.51. The first-order chi connectivity index (χ1) is 8.39. The zero-order chi connectivity index (χ0) is 13.8. The molecule has 2 amide bonds. The van der Waals surface area contributed by atoms with E-state index in [9.17, 15) is 9.59 Å². The monoisotopic (exact) mass is 257 g/mol. The topological polar surface area (TPSA) is 95.7 Å². The third-order valence-corrected chi connectivity index (χ3v) is 3.67. The highest BCUT2D eigenvalue weighted by atomic mass is 16.4. The molecular formula is C12H23N3O3. The summed E-state index contributed by atoms with van der Waals surface area (Å²) in [4.78, 5) is 24.7. The van der Waals surface area contributed by atoms with Gasteiger partial charge in [-0.05, 0) is 26.2 Å². The minimum atomic E-state index is -0.909. The number of hydrogen-bond donors (Lipinski definition) is 3. The molecule has 0 aliphatic carbocycles. The summed E-state index contributed by atoms with van der Waals surface area (Å²) in [5.41, 5.74) is 4.89. The summed E-state index contributed by atoms with van der Waals surface area (Å²) in [6.45, 7) is 4.81. The van der Waals surface area contributed by atoms with Crippen LogP contribution in [0.25, 0.3) is 0 Å². The molecule has 0 aromatic rings. The van der Waals surface area contributed by atoms with E-state index >= 15 is 0 Å². The number of nitrogens with one attached hydrogen (secondary N) is 1. The Morgan fingerprint density at radius 3 is 2.72 bits per heavy atom. The van der Waals surface area contributed by atoms with Crippen LogP contribution in [0.4, 0.5) is 4.79 Å². The Morgan fingerprint density at radius 1 is 1.56 bits per heavy atom. The van der Waals surface area contributed by atoms with Crippen LogP contribution in [0.1, 0.15) is 33.1 Å². The van der Waals surface area contributed by atoms with Gasteiger partial charge in [0.1, 0.15) is 0 Å². The Bertz CT molecular complexity index is 322. The molecule has 6 heteroatoms. The summed E-state index contributed by atoms with van der Waals surface area (Å²) in [5.74, 6) is -0.888. The van der Waals surface area contributed by atoms with Crippen LogP contribution < -0.4 is 11.1 Å². The van der Waals surface area contributed by atoms with Crippen molar-refractivity contribution in [1.29, 1.82) is 0 Å². The van der Waals surface area contributed by atoms with Gasteiger partial charge in [0.25, 0.3) is 0 Å². The van der Waals surface area contributed by atoms with Gasteiger partial charge in [-0.1, -0.05) is 6.92 Å². The Kier molecular flexibility index (Phi) is 4.95. The van der Waals surface area contributed by atoms with Crippen LogP contribution in [0.5, 0.6) is 0 Å². The van der Waals surface area contributed by atoms with Crippen molar-refractivity contribution in [3.05, 3.63) is 0 Å². The molecule has 0 radical (unpaired) electrons. The summed E-state index contributed by atoms with van der Waals surface area (Å²) in [6, 6.07) is -0.187. The van der Waals surface area contributed by atoms with Crippen LogP contribution in [-0.4, -0.2) is 47.7 Å². The van der Waals surface area contributed by atoms with Gasteiger partial charge in [-0.3, -0.25) is 4.79 Å². The Hall–Kier alpha value is -1.30. The first-order valence-corrected chi connectivity index (χ1v) is 6.41. The zero-order valence-corrected chi connectivity index (χ0v) is 11.1. The second kappa shape index (κ2) is 6.04. The van der Waals surface area contributed by atoms with Gasteiger partial charge in [0.2, 0.25) is 0 Å². The van der Waals surface area contributed by atoms with E-state index in [-0.39, 0.29) is 18.6 Å². The van der Waals surface area contributed by atoms with Crippen molar-refractivity contribution in [1.82, 2.24) is 10.2 Å². The number of rotatable bonds is 4. The molecule has 1 rings (SSSR count). The van der Waals surface area contributed by atoms with E-state index in [1.54, 1.807) is 18.7 Å². The third kappa shape index (κ3) is 3.60. The van der Waals surface area contributed by atoms with Gasteiger partial charge >= 0.3 is 12.0 Å². The molecule has 4 N–H and O–H groups in total. The summed E-state index contributed by atoms with van der Waals surface area (Å²) in [7, 11) is 0. The van der Waals surface area contributed by atoms with E-state index < -0.39 is 11.4 Å². The van der Waals surface area contributed by atoms with Gasteiger partial charge in [-0.15, -0.1) is 0 Å². The number of urea groups is 1. The van der Waals surface area contributed by atoms with E-state index in [1.807, 2.05) is 0 Å². The van der Waals surface area contributed by atoms with Crippen molar-refractivity contribution < 1.29 is 14.7 Å². The highest BCUT2D eigenvalue weighted by Crippen LogP contribution is 2.20. The minimum Gasteiger partial charge on any atom is -0.481 e. The number of likely N-dealkylation sites (tertiary alicyclic amines) is 1. The molecule has 0 spiro atoms. The third-order valence-electron chi connectivity index (χ3n) is 3.67. The van der Waals surface area contributed by atoms with E-state index in [1.165, 1.54) is 0 Å². The van der Waals surface area contributed by atoms with E-state index in [4.69, 9.17) is 10.8 Å². The lowest BCUT2D eigenvalue weighted by Gasteiger charge is -2.32. The van der Waals surface area contributed by atoms with Crippen molar-refractivity contribution >= 4 is 12.0 Å². The minimum absolute atomic E-state index is 0.0292. The maximum absolute atomic E-state index is 11.9. The molecule has 1 heterocycles. The Labute approximate surface area is 108 Å². The van der Waals surface area contributed by atoms with Crippen LogP contribution in [0.3, 0.4) is 0 Å². The molecule has 6 nitrogen and oxygen atoms in total. The number of aliphatic carboxylic acids is 1. The molecule has 0 saturated carbocycles. The highest BCUT2D eigenvalue weighted by molar-refractivity contribution is 5.78. The van der Waals surface area contributed by atoms with Crippen molar-refractivity contribution in [3.8, 4) is 0 Å². The summed E-state index contributed by atoms with van der Waals surface area (Å²) in [6.07, 6.45) is 2.31. The SMILES string of the molecule is CCC(C)(CNC(=O)N1CCCC(N)C1)C(=O)O. The molecule has 0 aromatic heterocycles. The lowest BCUT2D eigenvalue weighted by molar-refractivity contribution is -0.147. The predicted octanol–water partition coefficient (Wildman–Crippen LogP) is 0.620. The van der Waals surface area contributed by atoms with E-state index in [2.05, 4.69) is 5.32 Å². The van der Waals surface area contributed by atoms with Crippen molar-refractivity contribution in [3.63, 3.8) is 0 Å². The fraction of sp³-hybridized carbons (Fsp3) is 0.833. The second-order valence-electron chi connectivity index (χ2n) is 5.23. The second-order valence-corrected chi connectivity index (χ2v) is 5.23. The Balaban J connectivity index is 2.47. The average molecular weight is 257 g/mol. The number of nitrogens with two attached hydrogens (primary N) is 1. The number of amides is 2. The molecule has 2 atom stereocenters. The maximum Gasteiger partial charge on any atom is 0.317 e. The van der Waals surface area contributed by atoms with Crippen molar-refractivity contribution in [2.45, 2.75) is 39.2 Å². The van der Waals surface area contributed by atoms with Gasteiger partial charge in [-0.25, -0.2) is 4.79 Å². The number of carboxylic acids is 1. The zero-order valence-electron chi connectivity index (χ0n) is 11.1. The average Bonchev–Trinajstić information content (AvgIpc) is 2.35. The first kappa shape index (κ1) is 14.8. The number of hydrogen-bond acceptors (Lipinski definition) is 3. The normalized spacial score (nSPS) is 23.3. The summed E-state index contributed by atoms with van der Waals surface area (Å²) >= 11 is 0. The fourth-order valence-corrected chi connectivity index (χ4v) is 1.93. The highest BCUT2D eigenvalue weighted by Gasteiger charge is 2.32. The number of carbonyl (C=O) groups is 2. The molecule has 1 aliphatic heterocycles. The molecule has 2 unspecified atom stereocenters. The van der Waals surface area contributed by atoms with Gasteiger partial charge in [-0.2, -0.15) is 0 Å². The molecule has 1 aliphatic rings. The molecular weight excluding hydrogens is 234 g/mol. The Morgan fingerprint density at radius 2 is 2.22 bits per heavy atom. The number of nitrogens with zero attached hydrogens (tertiary/aromatic N) is 1. The fourth-order valence-electron chi connectivity index (χ4n) is 1.93. The summed E-state index contributed by atoms with van der Waals surface area (Å²) in [5, 5.41) is 11.8. The van der Waals surface area contributed by atoms with Crippen LogP contribution in [0, 0.1) is 5.41 Å². The van der Waals surface area contributed by atoms with Crippen LogP contribution in [0.2, 0.25) is 0 Å². The van der Waals surface area contributed by atoms with Crippen LogP contribution in [-0.2, 0) is 4.79 Å². The smallest absolute Gasteiger partial charge is 0.317 e. The number of carbonyl (C=O) groups excluding carboxylic acids is 1. The largest absolute Gasteiger partial charge is 0.481 e. The maximum atomic E-state index is 11.9. The summed E-state index contributed by atoms with van der Waals surface area (Å²) < 4.78 is 0. The molecule has 18 heavy (non-hydrogen) atoms. The predicted molar refractivity (Wildman–Crippen MR) is 68.2 cm³/mol. The molecule has 104 valence electrons. The number of piperidine rings is 1. The van der Waals surface area contributed by atoms with Gasteiger partial charge < -0.3 is 21.1 Å². The van der Waals surface area contributed by atoms with Gasteiger partial charge in [0, 0.05) is 25.7 Å². The number of carboxylic acid groups (broad SMARTS) is 1. The van der Waals surface area contributed by atoms with Crippen LogP contribution >= 0.6 is 0 Å². The van der Waals surface area contributed by atoms with E-state index in [0.717, 1.165) is 12.8 Å². The standard InChI is InChI=1S/C12H23N3O3/c1-3-12(2,10(16)17)8-14-11(18)15-6-4-5-9(13)7-15/h9H,3-8,13H2,1-2H3,(H,14,18)(H,16,17). The van der Waals surface area contributed by atoms with Gasteiger partial charge in [0.15, 0.2) is 0 Å². The molecule has 1 fully saturated rings. The van der Waals surface area contributed by atoms with Gasteiger partial charge in [0.05, 0.1) is 5.41 Å². The molecule has 0 aromatic carbocycles. The lowest BCUT2D eigenvalue weighted by atomic mass is 9.88. The molecule has 0 bridgehead atoms.